The Kier molecular flexibility index (Phi) is 2.52. The molecule has 0 amide bonds. The summed E-state index contributed by atoms with van der Waals surface area (Å²) in [5, 5.41) is 2.51. The summed E-state index contributed by atoms with van der Waals surface area (Å²) in [6, 6.07) is 20.9. The highest BCUT2D eigenvalue weighted by molar-refractivity contribution is 5.90. The van der Waals surface area contributed by atoms with Crippen LogP contribution in [-0.2, 0) is 0 Å². The summed E-state index contributed by atoms with van der Waals surface area (Å²) in [7, 11) is 0. The van der Waals surface area contributed by atoms with Gasteiger partial charge in [0.15, 0.2) is 0 Å². The molecule has 0 bridgehead atoms. The fourth-order valence-corrected chi connectivity index (χ4v) is 2.43. The first kappa shape index (κ1) is 10.8. The van der Waals surface area contributed by atoms with Crippen LogP contribution in [0.15, 0.2) is 60.7 Å². The van der Waals surface area contributed by atoms with Gasteiger partial charge in [-0.3, -0.25) is 0 Å². The lowest BCUT2D eigenvalue weighted by atomic mass is 9.96. The average molecular weight is 233 g/mol. The molecule has 0 aliphatic carbocycles. The van der Waals surface area contributed by atoms with Crippen molar-refractivity contribution in [2.24, 2.45) is 0 Å². The van der Waals surface area contributed by atoms with E-state index in [-0.39, 0.29) is 0 Å². The quantitative estimate of drug-likeness (QED) is 0.619. The van der Waals surface area contributed by atoms with E-state index in [1.165, 1.54) is 21.9 Å². The van der Waals surface area contributed by atoms with Gasteiger partial charge < -0.3 is 5.73 Å². The zero-order valence-electron chi connectivity index (χ0n) is 10.4. The second kappa shape index (κ2) is 4.19. The van der Waals surface area contributed by atoms with Gasteiger partial charge in [0.25, 0.3) is 0 Å². The predicted molar refractivity (Wildman–Crippen MR) is 78.5 cm³/mol. The van der Waals surface area contributed by atoms with E-state index < -0.39 is 0 Å². The summed E-state index contributed by atoms with van der Waals surface area (Å²) >= 11 is 0. The Hall–Kier alpha value is -2.28. The van der Waals surface area contributed by atoms with Gasteiger partial charge in [-0.25, -0.2) is 0 Å². The number of nitrogen functional groups attached to an aromatic ring is 1. The topological polar surface area (TPSA) is 26.0 Å². The SMILES string of the molecule is Cc1cccc(N)c1-c1ccc2ccccc2c1. The molecule has 0 aliphatic rings. The van der Waals surface area contributed by atoms with Crippen LogP contribution in [0.4, 0.5) is 5.69 Å². The van der Waals surface area contributed by atoms with Gasteiger partial charge in [-0.1, -0.05) is 48.5 Å². The molecule has 0 spiro atoms. The molecule has 88 valence electrons. The predicted octanol–water partition coefficient (Wildman–Crippen LogP) is 4.40. The smallest absolute Gasteiger partial charge is 0.0396 e. The lowest BCUT2D eigenvalue weighted by molar-refractivity contribution is 1.46. The molecule has 0 saturated carbocycles. The fourth-order valence-electron chi connectivity index (χ4n) is 2.43. The molecule has 0 atom stereocenters. The highest BCUT2D eigenvalue weighted by Crippen LogP contribution is 2.31. The Balaban J connectivity index is 2.26. The maximum atomic E-state index is 6.10. The van der Waals surface area contributed by atoms with Gasteiger partial charge in [-0.15, -0.1) is 0 Å². The minimum absolute atomic E-state index is 0.838. The third kappa shape index (κ3) is 1.74. The molecule has 0 radical (unpaired) electrons. The molecule has 3 rings (SSSR count). The van der Waals surface area contributed by atoms with Gasteiger partial charge >= 0.3 is 0 Å². The van der Waals surface area contributed by atoms with Gasteiger partial charge in [0.1, 0.15) is 0 Å². The Morgan fingerprint density at radius 3 is 2.33 bits per heavy atom. The van der Waals surface area contributed by atoms with Crippen molar-refractivity contribution in [2.75, 3.05) is 5.73 Å². The maximum Gasteiger partial charge on any atom is 0.0396 e. The van der Waals surface area contributed by atoms with Gasteiger partial charge in [0, 0.05) is 11.3 Å². The van der Waals surface area contributed by atoms with Crippen molar-refractivity contribution in [3.05, 3.63) is 66.2 Å². The highest BCUT2D eigenvalue weighted by Gasteiger charge is 2.06. The van der Waals surface area contributed by atoms with E-state index >= 15 is 0 Å². The summed E-state index contributed by atoms with van der Waals surface area (Å²) < 4.78 is 0. The largest absolute Gasteiger partial charge is 0.398 e. The van der Waals surface area contributed by atoms with Crippen molar-refractivity contribution in [3.63, 3.8) is 0 Å². The van der Waals surface area contributed by atoms with E-state index in [0.717, 1.165) is 11.3 Å². The summed E-state index contributed by atoms with van der Waals surface area (Å²) in [5.74, 6) is 0. The summed E-state index contributed by atoms with van der Waals surface area (Å²) in [4.78, 5) is 0. The Morgan fingerprint density at radius 2 is 1.56 bits per heavy atom. The molecule has 1 heteroatoms. The molecule has 3 aromatic carbocycles. The van der Waals surface area contributed by atoms with Gasteiger partial charge in [-0.05, 0) is 41.0 Å². The van der Waals surface area contributed by atoms with Crippen molar-refractivity contribution in [1.82, 2.24) is 0 Å². The first-order valence-electron chi connectivity index (χ1n) is 6.10. The number of hydrogen-bond donors (Lipinski definition) is 1. The monoisotopic (exact) mass is 233 g/mol. The lowest BCUT2D eigenvalue weighted by Crippen LogP contribution is -1.92. The second-order valence-corrected chi connectivity index (χ2v) is 4.60. The number of hydrogen-bond acceptors (Lipinski definition) is 1. The zero-order valence-corrected chi connectivity index (χ0v) is 10.4. The van der Waals surface area contributed by atoms with E-state index in [2.05, 4.69) is 55.5 Å². The normalized spacial score (nSPS) is 10.7. The van der Waals surface area contributed by atoms with Crippen LogP contribution in [0, 0.1) is 6.92 Å². The van der Waals surface area contributed by atoms with Gasteiger partial charge in [0.2, 0.25) is 0 Å². The molecule has 3 aromatic rings. The lowest BCUT2D eigenvalue weighted by Gasteiger charge is -2.10. The van der Waals surface area contributed by atoms with Crippen molar-refractivity contribution in [2.45, 2.75) is 6.92 Å². The molecule has 18 heavy (non-hydrogen) atoms. The maximum absolute atomic E-state index is 6.10. The molecule has 0 fully saturated rings. The minimum Gasteiger partial charge on any atom is -0.398 e. The molecule has 0 aromatic heterocycles. The van der Waals surface area contributed by atoms with Crippen LogP contribution in [0.25, 0.3) is 21.9 Å². The molecular weight excluding hydrogens is 218 g/mol. The molecule has 0 saturated heterocycles. The summed E-state index contributed by atoms with van der Waals surface area (Å²) in [5.41, 5.74) is 10.5. The molecule has 0 aliphatic heterocycles. The summed E-state index contributed by atoms with van der Waals surface area (Å²) in [6.45, 7) is 2.10. The van der Waals surface area contributed by atoms with Crippen molar-refractivity contribution >= 4 is 16.5 Å². The Morgan fingerprint density at radius 1 is 0.778 bits per heavy atom. The number of fused-ring (bicyclic) bond motifs is 1. The number of anilines is 1. The van der Waals surface area contributed by atoms with Gasteiger partial charge in [-0.2, -0.15) is 0 Å². The number of nitrogens with two attached hydrogens (primary N) is 1. The fraction of sp³-hybridized carbons (Fsp3) is 0.0588. The zero-order chi connectivity index (χ0) is 12.5. The van der Waals surface area contributed by atoms with E-state index in [0.29, 0.717) is 0 Å². The van der Waals surface area contributed by atoms with Crippen LogP contribution in [0.2, 0.25) is 0 Å². The third-order valence-electron chi connectivity index (χ3n) is 3.34. The standard InChI is InChI=1S/C17H15N/c1-12-5-4-8-16(18)17(12)15-10-9-13-6-2-3-7-14(13)11-15/h2-11H,18H2,1H3. The van der Waals surface area contributed by atoms with E-state index in [1.807, 2.05) is 12.1 Å². The molecule has 2 N–H and O–H groups in total. The van der Waals surface area contributed by atoms with E-state index in [4.69, 9.17) is 5.73 Å². The number of aryl methyl sites for hydroxylation is 1. The summed E-state index contributed by atoms with van der Waals surface area (Å²) in [6.07, 6.45) is 0. The number of rotatable bonds is 1. The van der Waals surface area contributed by atoms with Crippen LogP contribution < -0.4 is 5.73 Å². The van der Waals surface area contributed by atoms with Crippen LogP contribution in [-0.4, -0.2) is 0 Å². The van der Waals surface area contributed by atoms with Crippen molar-refractivity contribution in [3.8, 4) is 11.1 Å². The van der Waals surface area contributed by atoms with Crippen molar-refractivity contribution < 1.29 is 0 Å². The average Bonchev–Trinajstić information content (AvgIpc) is 2.38. The van der Waals surface area contributed by atoms with Crippen LogP contribution >= 0.6 is 0 Å². The first-order chi connectivity index (χ1) is 8.75. The number of benzene rings is 3. The second-order valence-electron chi connectivity index (χ2n) is 4.60. The Labute approximate surface area is 107 Å². The first-order valence-corrected chi connectivity index (χ1v) is 6.10. The molecule has 0 unspecified atom stereocenters. The molecule has 1 nitrogen and oxygen atoms in total. The highest BCUT2D eigenvalue weighted by atomic mass is 14.6. The van der Waals surface area contributed by atoms with Crippen LogP contribution in [0.5, 0.6) is 0 Å². The van der Waals surface area contributed by atoms with Crippen LogP contribution in [0.3, 0.4) is 0 Å². The Bertz CT molecular complexity index is 693. The van der Waals surface area contributed by atoms with E-state index in [9.17, 15) is 0 Å². The molecular formula is C17H15N. The van der Waals surface area contributed by atoms with Crippen molar-refractivity contribution in [1.29, 1.82) is 0 Å². The molecule has 0 heterocycles. The minimum atomic E-state index is 0.838. The third-order valence-corrected chi connectivity index (χ3v) is 3.34. The van der Waals surface area contributed by atoms with E-state index in [1.54, 1.807) is 0 Å². The van der Waals surface area contributed by atoms with Gasteiger partial charge in [0.05, 0.1) is 0 Å². The van der Waals surface area contributed by atoms with Crippen LogP contribution in [0.1, 0.15) is 5.56 Å².